The number of hydrogen-bond acceptors (Lipinski definition) is 4. The summed E-state index contributed by atoms with van der Waals surface area (Å²) in [5.41, 5.74) is 1.02. The third-order valence-electron chi connectivity index (χ3n) is 3.60. The quantitative estimate of drug-likeness (QED) is 0.905. The minimum Gasteiger partial charge on any atom is -0.375 e. The summed E-state index contributed by atoms with van der Waals surface area (Å²) in [6.45, 7) is 0. The normalized spacial score (nSPS) is 17.8. The van der Waals surface area contributed by atoms with Gasteiger partial charge in [-0.2, -0.15) is 0 Å². The van der Waals surface area contributed by atoms with E-state index in [-0.39, 0.29) is 0 Å². The van der Waals surface area contributed by atoms with Crippen LogP contribution >= 0.6 is 11.3 Å². The van der Waals surface area contributed by atoms with E-state index in [0.29, 0.717) is 6.04 Å². The van der Waals surface area contributed by atoms with E-state index >= 15 is 0 Å². The molecule has 0 aromatic carbocycles. The van der Waals surface area contributed by atoms with Gasteiger partial charge >= 0.3 is 0 Å². The molecule has 0 saturated heterocycles. The highest BCUT2D eigenvalue weighted by Gasteiger charge is 2.27. The van der Waals surface area contributed by atoms with Crippen molar-refractivity contribution in [2.24, 2.45) is 5.92 Å². The summed E-state index contributed by atoms with van der Waals surface area (Å²) < 4.78 is 0. The third kappa shape index (κ3) is 2.53. The molecule has 0 bridgehead atoms. The Hall–Kier alpha value is -1.42. The molecule has 0 radical (unpaired) electrons. The molecule has 0 amide bonds. The summed E-state index contributed by atoms with van der Waals surface area (Å²) in [6.07, 6.45) is 10.6. The number of nitrogens with zero attached hydrogens (tertiary/aromatic N) is 2. The monoisotopic (exact) mass is 259 g/mol. The second kappa shape index (κ2) is 5.48. The van der Waals surface area contributed by atoms with Crippen LogP contribution in [-0.4, -0.2) is 9.97 Å². The van der Waals surface area contributed by atoms with Gasteiger partial charge in [0.15, 0.2) is 0 Å². The van der Waals surface area contributed by atoms with Crippen LogP contribution in [0.1, 0.15) is 36.6 Å². The lowest BCUT2D eigenvalue weighted by atomic mass is 9.96. The molecule has 3 rings (SSSR count). The van der Waals surface area contributed by atoms with Gasteiger partial charge in [-0.25, -0.2) is 9.97 Å². The number of rotatable bonds is 4. The van der Waals surface area contributed by atoms with Crippen LogP contribution in [0.5, 0.6) is 0 Å². The predicted octanol–water partition coefficient (Wildman–Crippen LogP) is 3.88. The molecule has 2 aromatic heterocycles. The topological polar surface area (TPSA) is 37.8 Å². The molecule has 4 heteroatoms. The molecule has 1 atom stereocenters. The fourth-order valence-corrected chi connectivity index (χ4v) is 3.60. The Morgan fingerprint density at radius 3 is 2.67 bits per heavy atom. The average molecular weight is 259 g/mol. The van der Waals surface area contributed by atoms with E-state index in [1.54, 1.807) is 6.33 Å². The SMILES string of the molecule is c1csc(C(Nc2cncnc2)C2CCCC2)c1. The van der Waals surface area contributed by atoms with Gasteiger partial charge in [-0.15, -0.1) is 11.3 Å². The number of aromatic nitrogens is 2. The van der Waals surface area contributed by atoms with Crippen LogP contribution in [-0.2, 0) is 0 Å². The molecule has 2 aromatic rings. The highest BCUT2D eigenvalue weighted by Crippen LogP contribution is 2.39. The van der Waals surface area contributed by atoms with Gasteiger partial charge in [-0.3, -0.25) is 0 Å². The number of thiophene rings is 1. The van der Waals surface area contributed by atoms with E-state index in [1.165, 1.54) is 30.6 Å². The van der Waals surface area contributed by atoms with Gasteiger partial charge in [0.2, 0.25) is 0 Å². The summed E-state index contributed by atoms with van der Waals surface area (Å²) >= 11 is 1.83. The Labute approximate surface area is 111 Å². The molecule has 1 saturated carbocycles. The van der Waals surface area contributed by atoms with E-state index in [2.05, 4.69) is 32.8 Å². The lowest BCUT2D eigenvalue weighted by Crippen LogP contribution is -2.18. The molecule has 1 aliphatic rings. The Bertz CT molecular complexity index is 463. The van der Waals surface area contributed by atoms with Crippen molar-refractivity contribution >= 4 is 17.0 Å². The van der Waals surface area contributed by atoms with E-state index in [1.807, 2.05) is 23.7 Å². The standard InChI is InChI=1S/C14H17N3S/c1-2-5-11(4-1)14(13-6-3-7-18-13)17-12-8-15-10-16-9-12/h3,6-11,14,17H,1-2,4-5H2. The average Bonchev–Trinajstić information content (AvgIpc) is 3.11. The first-order chi connectivity index (χ1) is 8.93. The van der Waals surface area contributed by atoms with Crippen LogP contribution in [0.2, 0.25) is 0 Å². The Balaban J connectivity index is 1.81. The van der Waals surface area contributed by atoms with E-state index in [0.717, 1.165) is 11.6 Å². The molecule has 2 heterocycles. The van der Waals surface area contributed by atoms with Crippen molar-refractivity contribution in [3.8, 4) is 0 Å². The van der Waals surface area contributed by atoms with E-state index in [4.69, 9.17) is 0 Å². The van der Waals surface area contributed by atoms with Crippen molar-refractivity contribution in [2.45, 2.75) is 31.7 Å². The largest absolute Gasteiger partial charge is 0.375 e. The number of nitrogens with one attached hydrogen (secondary N) is 1. The first-order valence-corrected chi connectivity index (χ1v) is 7.36. The molecule has 94 valence electrons. The highest BCUT2D eigenvalue weighted by atomic mass is 32.1. The van der Waals surface area contributed by atoms with Crippen molar-refractivity contribution in [3.05, 3.63) is 41.1 Å². The summed E-state index contributed by atoms with van der Waals surface area (Å²) in [5, 5.41) is 5.76. The minimum absolute atomic E-state index is 0.415. The molecule has 3 nitrogen and oxygen atoms in total. The second-order valence-corrected chi connectivity index (χ2v) is 5.79. The lowest BCUT2D eigenvalue weighted by molar-refractivity contribution is 0.475. The zero-order valence-electron chi connectivity index (χ0n) is 10.2. The fraction of sp³-hybridized carbons (Fsp3) is 0.429. The first-order valence-electron chi connectivity index (χ1n) is 6.48. The Morgan fingerprint density at radius 1 is 1.22 bits per heavy atom. The predicted molar refractivity (Wildman–Crippen MR) is 74.7 cm³/mol. The van der Waals surface area contributed by atoms with Crippen molar-refractivity contribution in [3.63, 3.8) is 0 Å². The zero-order chi connectivity index (χ0) is 12.2. The van der Waals surface area contributed by atoms with Gasteiger partial charge in [-0.1, -0.05) is 18.9 Å². The molecule has 0 spiro atoms. The maximum Gasteiger partial charge on any atom is 0.115 e. The van der Waals surface area contributed by atoms with Crippen LogP contribution in [0.25, 0.3) is 0 Å². The Kier molecular flexibility index (Phi) is 3.55. The molecule has 18 heavy (non-hydrogen) atoms. The molecule has 0 aliphatic heterocycles. The van der Waals surface area contributed by atoms with Crippen molar-refractivity contribution in [2.75, 3.05) is 5.32 Å². The maximum absolute atomic E-state index is 4.08. The second-order valence-electron chi connectivity index (χ2n) is 4.81. The van der Waals surface area contributed by atoms with E-state index in [9.17, 15) is 0 Å². The lowest BCUT2D eigenvalue weighted by Gasteiger charge is -2.24. The van der Waals surface area contributed by atoms with Gasteiger partial charge in [0.05, 0.1) is 24.1 Å². The third-order valence-corrected chi connectivity index (χ3v) is 4.56. The molecular formula is C14H17N3S. The molecule has 1 aliphatic carbocycles. The highest BCUT2D eigenvalue weighted by molar-refractivity contribution is 7.10. The van der Waals surface area contributed by atoms with Crippen LogP contribution in [0.4, 0.5) is 5.69 Å². The molecule has 1 unspecified atom stereocenters. The molecular weight excluding hydrogens is 242 g/mol. The Morgan fingerprint density at radius 2 is 2.00 bits per heavy atom. The summed E-state index contributed by atoms with van der Waals surface area (Å²) in [7, 11) is 0. The summed E-state index contributed by atoms with van der Waals surface area (Å²) in [6, 6.07) is 4.77. The van der Waals surface area contributed by atoms with Crippen molar-refractivity contribution in [1.82, 2.24) is 9.97 Å². The first kappa shape index (κ1) is 11.7. The minimum atomic E-state index is 0.415. The van der Waals surface area contributed by atoms with Gasteiger partial charge in [-0.05, 0) is 30.2 Å². The van der Waals surface area contributed by atoms with Gasteiger partial charge < -0.3 is 5.32 Å². The van der Waals surface area contributed by atoms with Gasteiger partial charge in [0.1, 0.15) is 6.33 Å². The van der Waals surface area contributed by atoms with Gasteiger partial charge in [0.25, 0.3) is 0 Å². The molecule has 1 N–H and O–H groups in total. The smallest absolute Gasteiger partial charge is 0.115 e. The summed E-state index contributed by atoms with van der Waals surface area (Å²) in [5.74, 6) is 0.740. The van der Waals surface area contributed by atoms with E-state index < -0.39 is 0 Å². The number of hydrogen-bond donors (Lipinski definition) is 1. The zero-order valence-corrected chi connectivity index (χ0v) is 11.1. The molecule has 1 fully saturated rings. The van der Waals surface area contributed by atoms with Crippen LogP contribution in [0.3, 0.4) is 0 Å². The van der Waals surface area contributed by atoms with Crippen LogP contribution in [0.15, 0.2) is 36.2 Å². The maximum atomic E-state index is 4.08. The van der Waals surface area contributed by atoms with Crippen molar-refractivity contribution < 1.29 is 0 Å². The fourth-order valence-electron chi connectivity index (χ4n) is 2.73. The number of anilines is 1. The van der Waals surface area contributed by atoms with Crippen molar-refractivity contribution in [1.29, 1.82) is 0 Å². The van der Waals surface area contributed by atoms with Crippen LogP contribution in [0, 0.1) is 5.92 Å². The van der Waals surface area contributed by atoms with Crippen LogP contribution < -0.4 is 5.32 Å². The van der Waals surface area contributed by atoms with Gasteiger partial charge in [0, 0.05) is 4.88 Å². The summed E-state index contributed by atoms with van der Waals surface area (Å²) in [4.78, 5) is 9.57.